The van der Waals surface area contributed by atoms with Crippen molar-refractivity contribution in [1.29, 1.82) is 0 Å². The molecule has 0 radical (unpaired) electrons. The van der Waals surface area contributed by atoms with Crippen LogP contribution in [0.25, 0.3) is 0 Å². The fourth-order valence-corrected chi connectivity index (χ4v) is 1.63. The smallest absolute Gasteiger partial charge is 0.128 e. The molecule has 0 aliphatic heterocycles. The molecule has 0 aromatic carbocycles. The number of aromatic nitrogens is 1. The second kappa shape index (κ2) is 5.22. The first-order valence-electron chi connectivity index (χ1n) is 4.49. The molecule has 1 aromatic rings. The summed E-state index contributed by atoms with van der Waals surface area (Å²) >= 11 is 3.45. The van der Waals surface area contributed by atoms with Crippen molar-refractivity contribution in [2.75, 3.05) is 16.8 Å². The standard InChI is InChI=1S/C10H15BrN2/c1-9(2)13(8-6-11)10-5-3-4-7-12-10/h3-5,7,9H,6,8H2,1-2H3. The molecule has 0 fully saturated rings. The van der Waals surface area contributed by atoms with Gasteiger partial charge in [-0.2, -0.15) is 0 Å². The van der Waals surface area contributed by atoms with E-state index in [4.69, 9.17) is 0 Å². The minimum atomic E-state index is 0.493. The molecule has 0 N–H and O–H groups in total. The normalized spacial score (nSPS) is 10.5. The van der Waals surface area contributed by atoms with Gasteiger partial charge in [-0.25, -0.2) is 4.98 Å². The number of hydrogen-bond donors (Lipinski definition) is 0. The average Bonchev–Trinajstić information content (AvgIpc) is 2.15. The van der Waals surface area contributed by atoms with Crippen LogP contribution in [0.5, 0.6) is 0 Å². The van der Waals surface area contributed by atoms with E-state index in [0.29, 0.717) is 6.04 Å². The van der Waals surface area contributed by atoms with Gasteiger partial charge in [0.2, 0.25) is 0 Å². The molecule has 0 aliphatic rings. The average molecular weight is 243 g/mol. The van der Waals surface area contributed by atoms with Gasteiger partial charge in [0, 0.05) is 24.1 Å². The van der Waals surface area contributed by atoms with Crippen LogP contribution >= 0.6 is 15.9 Å². The van der Waals surface area contributed by atoms with Crippen molar-refractivity contribution >= 4 is 21.7 Å². The number of halogens is 1. The van der Waals surface area contributed by atoms with Crippen LogP contribution in [0.2, 0.25) is 0 Å². The lowest BCUT2D eigenvalue weighted by atomic mass is 10.3. The fourth-order valence-electron chi connectivity index (χ4n) is 1.25. The van der Waals surface area contributed by atoms with E-state index in [1.165, 1.54) is 0 Å². The van der Waals surface area contributed by atoms with Gasteiger partial charge in [0.05, 0.1) is 0 Å². The Kier molecular flexibility index (Phi) is 4.22. The summed E-state index contributed by atoms with van der Waals surface area (Å²) in [5.74, 6) is 1.05. The topological polar surface area (TPSA) is 16.1 Å². The van der Waals surface area contributed by atoms with E-state index in [1.807, 2.05) is 24.4 Å². The van der Waals surface area contributed by atoms with Crippen molar-refractivity contribution in [2.24, 2.45) is 0 Å². The Morgan fingerprint density at radius 2 is 2.23 bits per heavy atom. The second-order valence-corrected chi connectivity index (χ2v) is 3.96. The molecular formula is C10H15BrN2. The zero-order valence-corrected chi connectivity index (χ0v) is 9.66. The molecule has 0 amide bonds. The maximum absolute atomic E-state index is 4.32. The molecule has 1 aromatic heterocycles. The Bertz CT molecular complexity index is 236. The van der Waals surface area contributed by atoms with Crippen molar-refractivity contribution in [3.05, 3.63) is 24.4 Å². The summed E-state index contributed by atoms with van der Waals surface area (Å²) in [6, 6.07) is 6.50. The number of hydrogen-bond acceptors (Lipinski definition) is 2. The van der Waals surface area contributed by atoms with E-state index < -0.39 is 0 Å². The van der Waals surface area contributed by atoms with Gasteiger partial charge in [-0.05, 0) is 26.0 Å². The molecule has 2 nitrogen and oxygen atoms in total. The highest BCUT2D eigenvalue weighted by Crippen LogP contribution is 2.12. The van der Waals surface area contributed by atoms with Gasteiger partial charge in [-0.15, -0.1) is 0 Å². The Morgan fingerprint density at radius 1 is 1.46 bits per heavy atom. The van der Waals surface area contributed by atoms with Gasteiger partial charge in [-0.3, -0.25) is 0 Å². The molecule has 1 rings (SSSR count). The van der Waals surface area contributed by atoms with Crippen LogP contribution in [0, 0.1) is 0 Å². The first kappa shape index (κ1) is 10.5. The monoisotopic (exact) mass is 242 g/mol. The van der Waals surface area contributed by atoms with Crippen LogP contribution in [0.4, 0.5) is 5.82 Å². The second-order valence-electron chi connectivity index (χ2n) is 3.16. The van der Waals surface area contributed by atoms with Crippen molar-refractivity contribution in [2.45, 2.75) is 19.9 Å². The highest BCUT2D eigenvalue weighted by atomic mass is 79.9. The van der Waals surface area contributed by atoms with Crippen LogP contribution in [0.1, 0.15) is 13.8 Å². The van der Waals surface area contributed by atoms with Crippen molar-refractivity contribution in [1.82, 2.24) is 4.98 Å². The highest BCUT2D eigenvalue weighted by Gasteiger charge is 2.09. The van der Waals surface area contributed by atoms with Gasteiger partial charge in [0.25, 0.3) is 0 Å². The Morgan fingerprint density at radius 3 is 2.69 bits per heavy atom. The van der Waals surface area contributed by atoms with Crippen LogP contribution in [0.15, 0.2) is 24.4 Å². The summed E-state index contributed by atoms with van der Waals surface area (Å²) in [6.07, 6.45) is 1.83. The molecule has 3 heteroatoms. The quantitative estimate of drug-likeness (QED) is 0.756. The van der Waals surface area contributed by atoms with E-state index in [2.05, 4.69) is 39.7 Å². The molecule has 1 heterocycles. The first-order chi connectivity index (χ1) is 6.25. The van der Waals surface area contributed by atoms with Crippen LogP contribution in [-0.4, -0.2) is 22.9 Å². The van der Waals surface area contributed by atoms with E-state index >= 15 is 0 Å². The van der Waals surface area contributed by atoms with Gasteiger partial charge < -0.3 is 4.90 Å². The third-order valence-corrected chi connectivity index (χ3v) is 2.25. The van der Waals surface area contributed by atoms with Crippen molar-refractivity contribution in [3.8, 4) is 0 Å². The minimum absolute atomic E-state index is 0.493. The van der Waals surface area contributed by atoms with E-state index in [-0.39, 0.29) is 0 Å². The summed E-state index contributed by atoms with van der Waals surface area (Å²) in [5, 5.41) is 0.974. The van der Waals surface area contributed by atoms with Gasteiger partial charge in [-0.1, -0.05) is 22.0 Å². The molecular weight excluding hydrogens is 228 g/mol. The van der Waals surface area contributed by atoms with E-state index in [1.54, 1.807) is 0 Å². The van der Waals surface area contributed by atoms with Gasteiger partial charge in [0.1, 0.15) is 5.82 Å². The van der Waals surface area contributed by atoms with Crippen LogP contribution in [0.3, 0.4) is 0 Å². The first-order valence-corrected chi connectivity index (χ1v) is 5.61. The lowest BCUT2D eigenvalue weighted by molar-refractivity contribution is 0.698. The molecule has 72 valence electrons. The molecule has 13 heavy (non-hydrogen) atoms. The van der Waals surface area contributed by atoms with Crippen molar-refractivity contribution in [3.63, 3.8) is 0 Å². The van der Waals surface area contributed by atoms with Crippen LogP contribution < -0.4 is 4.90 Å². The Labute approximate surface area is 88.1 Å². The molecule has 0 aliphatic carbocycles. The number of alkyl halides is 1. The minimum Gasteiger partial charge on any atom is -0.353 e. The van der Waals surface area contributed by atoms with E-state index in [9.17, 15) is 0 Å². The summed E-state index contributed by atoms with van der Waals surface area (Å²) in [6.45, 7) is 5.35. The zero-order valence-electron chi connectivity index (χ0n) is 8.07. The zero-order chi connectivity index (χ0) is 9.68. The number of pyridine rings is 1. The molecule has 0 saturated heterocycles. The summed E-state index contributed by atoms with van der Waals surface area (Å²) in [5.41, 5.74) is 0. The molecule has 0 spiro atoms. The lowest BCUT2D eigenvalue weighted by Gasteiger charge is -2.26. The SMILES string of the molecule is CC(C)N(CCBr)c1ccccn1. The van der Waals surface area contributed by atoms with Gasteiger partial charge in [0.15, 0.2) is 0 Å². The molecule has 0 atom stereocenters. The van der Waals surface area contributed by atoms with E-state index in [0.717, 1.165) is 17.7 Å². The maximum Gasteiger partial charge on any atom is 0.128 e. The number of rotatable bonds is 4. The molecule has 0 bridgehead atoms. The lowest BCUT2D eigenvalue weighted by Crippen LogP contribution is -2.33. The predicted octanol–water partition coefficient (Wildman–Crippen LogP) is 2.69. The number of nitrogens with zero attached hydrogens (tertiary/aromatic N) is 2. The Balaban J connectivity index is 2.76. The highest BCUT2D eigenvalue weighted by molar-refractivity contribution is 9.09. The predicted molar refractivity (Wildman–Crippen MR) is 60.5 cm³/mol. The summed E-state index contributed by atoms with van der Waals surface area (Å²) in [4.78, 5) is 6.60. The summed E-state index contributed by atoms with van der Waals surface area (Å²) < 4.78 is 0. The summed E-state index contributed by atoms with van der Waals surface area (Å²) in [7, 11) is 0. The molecule has 0 unspecified atom stereocenters. The third-order valence-electron chi connectivity index (χ3n) is 1.89. The largest absolute Gasteiger partial charge is 0.353 e. The van der Waals surface area contributed by atoms with Crippen LogP contribution in [-0.2, 0) is 0 Å². The van der Waals surface area contributed by atoms with Gasteiger partial charge >= 0.3 is 0 Å². The Hall–Kier alpha value is -0.570. The fraction of sp³-hybridized carbons (Fsp3) is 0.500. The maximum atomic E-state index is 4.32. The molecule has 0 saturated carbocycles. The van der Waals surface area contributed by atoms with Crippen molar-refractivity contribution < 1.29 is 0 Å². The third kappa shape index (κ3) is 2.99. The number of anilines is 1.